The van der Waals surface area contributed by atoms with Crippen LogP contribution in [-0.2, 0) is 13.0 Å². The molecule has 3 nitrogen and oxygen atoms in total. The first-order valence-corrected chi connectivity index (χ1v) is 7.33. The highest BCUT2D eigenvalue weighted by molar-refractivity contribution is 5.82. The zero-order chi connectivity index (χ0) is 15.5. The summed E-state index contributed by atoms with van der Waals surface area (Å²) < 4.78 is 1.66. The summed E-state index contributed by atoms with van der Waals surface area (Å²) in [4.78, 5) is 12.6. The monoisotopic (exact) mass is 288 g/mol. The van der Waals surface area contributed by atoms with Gasteiger partial charge in [0, 0.05) is 11.6 Å². The maximum Gasteiger partial charge on any atom is 0.258 e. The fourth-order valence-electron chi connectivity index (χ4n) is 2.63. The van der Waals surface area contributed by atoms with E-state index in [0.29, 0.717) is 17.5 Å². The Morgan fingerprint density at radius 1 is 1.14 bits per heavy atom. The second kappa shape index (κ2) is 5.87. The van der Waals surface area contributed by atoms with Crippen molar-refractivity contribution >= 4 is 10.8 Å². The molecule has 1 heterocycles. The van der Waals surface area contributed by atoms with Crippen LogP contribution in [0.1, 0.15) is 23.6 Å². The molecular formula is C19H16N2O. The van der Waals surface area contributed by atoms with Gasteiger partial charge in [0.2, 0.25) is 0 Å². The zero-order valence-corrected chi connectivity index (χ0v) is 12.4. The number of aromatic nitrogens is 1. The lowest BCUT2D eigenvalue weighted by molar-refractivity contribution is 0.766. The SMILES string of the molecule is CCc1ccc2c(=O)n(Cc3ccccc3C#N)ccc2c1. The highest BCUT2D eigenvalue weighted by Gasteiger charge is 2.06. The molecule has 0 bridgehead atoms. The van der Waals surface area contributed by atoms with E-state index in [-0.39, 0.29) is 5.56 Å². The van der Waals surface area contributed by atoms with Gasteiger partial charge in [-0.05, 0) is 41.1 Å². The van der Waals surface area contributed by atoms with Crippen molar-refractivity contribution in [1.82, 2.24) is 4.57 Å². The van der Waals surface area contributed by atoms with E-state index in [1.165, 1.54) is 5.56 Å². The summed E-state index contributed by atoms with van der Waals surface area (Å²) in [6, 6.07) is 17.5. The summed E-state index contributed by atoms with van der Waals surface area (Å²) in [6.07, 6.45) is 2.76. The molecule has 0 unspecified atom stereocenters. The molecule has 3 heteroatoms. The van der Waals surface area contributed by atoms with Crippen molar-refractivity contribution in [3.05, 3.63) is 81.8 Å². The summed E-state index contributed by atoms with van der Waals surface area (Å²) in [6.45, 7) is 2.51. The number of nitrogens with zero attached hydrogens (tertiary/aromatic N) is 2. The van der Waals surface area contributed by atoms with Crippen molar-refractivity contribution in [3.8, 4) is 6.07 Å². The molecule has 22 heavy (non-hydrogen) atoms. The van der Waals surface area contributed by atoms with Gasteiger partial charge in [0.25, 0.3) is 5.56 Å². The molecule has 0 atom stereocenters. The summed E-state index contributed by atoms with van der Waals surface area (Å²) in [7, 11) is 0. The highest BCUT2D eigenvalue weighted by Crippen LogP contribution is 2.14. The van der Waals surface area contributed by atoms with E-state index in [4.69, 9.17) is 5.26 Å². The Labute approximate surface area is 129 Å². The van der Waals surface area contributed by atoms with E-state index >= 15 is 0 Å². The van der Waals surface area contributed by atoms with Gasteiger partial charge in [-0.3, -0.25) is 4.79 Å². The van der Waals surface area contributed by atoms with Crippen LogP contribution in [0.25, 0.3) is 10.8 Å². The number of fused-ring (bicyclic) bond motifs is 1. The van der Waals surface area contributed by atoms with Crippen LogP contribution < -0.4 is 5.56 Å². The molecule has 1 aromatic heterocycles. The van der Waals surface area contributed by atoms with Crippen LogP contribution in [-0.4, -0.2) is 4.57 Å². The number of hydrogen-bond donors (Lipinski definition) is 0. The molecule has 0 amide bonds. The molecule has 2 aromatic carbocycles. The lowest BCUT2D eigenvalue weighted by Crippen LogP contribution is -2.20. The van der Waals surface area contributed by atoms with Crippen LogP contribution in [0.4, 0.5) is 0 Å². The molecule has 0 aliphatic rings. The van der Waals surface area contributed by atoms with E-state index in [9.17, 15) is 4.79 Å². The number of hydrogen-bond acceptors (Lipinski definition) is 2. The first-order chi connectivity index (χ1) is 10.7. The summed E-state index contributed by atoms with van der Waals surface area (Å²) in [5, 5.41) is 10.8. The Kier molecular flexibility index (Phi) is 3.76. The predicted octanol–water partition coefficient (Wildman–Crippen LogP) is 3.48. The van der Waals surface area contributed by atoms with Crippen LogP contribution in [0.3, 0.4) is 0 Å². The molecule has 0 fully saturated rings. The van der Waals surface area contributed by atoms with Crippen LogP contribution in [0, 0.1) is 11.3 Å². The smallest absolute Gasteiger partial charge is 0.258 e. The number of rotatable bonds is 3. The van der Waals surface area contributed by atoms with Crippen LogP contribution in [0.2, 0.25) is 0 Å². The van der Waals surface area contributed by atoms with Gasteiger partial charge in [0.1, 0.15) is 0 Å². The molecular weight excluding hydrogens is 272 g/mol. The minimum absolute atomic E-state index is 0.0205. The largest absolute Gasteiger partial charge is 0.311 e. The van der Waals surface area contributed by atoms with Gasteiger partial charge < -0.3 is 4.57 Å². The molecule has 0 N–H and O–H groups in total. The van der Waals surface area contributed by atoms with Crippen LogP contribution in [0.15, 0.2) is 59.5 Å². The summed E-state index contributed by atoms with van der Waals surface area (Å²) in [5.74, 6) is 0. The highest BCUT2D eigenvalue weighted by atomic mass is 16.1. The number of aryl methyl sites for hydroxylation is 1. The summed E-state index contributed by atoms with van der Waals surface area (Å²) in [5.41, 5.74) is 2.67. The topological polar surface area (TPSA) is 45.8 Å². The molecule has 3 rings (SSSR count). The minimum atomic E-state index is -0.0205. The second-order valence-electron chi connectivity index (χ2n) is 5.29. The fraction of sp³-hybridized carbons (Fsp3) is 0.158. The molecule has 0 spiro atoms. The van der Waals surface area contributed by atoms with Crippen molar-refractivity contribution in [2.45, 2.75) is 19.9 Å². The maximum atomic E-state index is 12.6. The van der Waals surface area contributed by atoms with Gasteiger partial charge in [-0.25, -0.2) is 0 Å². The zero-order valence-electron chi connectivity index (χ0n) is 12.4. The molecule has 0 radical (unpaired) electrons. The molecule has 0 saturated heterocycles. The Balaban J connectivity index is 2.07. The Morgan fingerprint density at radius 3 is 2.73 bits per heavy atom. The van der Waals surface area contributed by atoms with Crippen molar-refractivity contribution in [3.63, 3.8) is 0 Å². The normalized spacial score (nSPS) is 10.5. The third-order valence-electron chi connectivity index (χ3n) is 3.93. The van der Waals surface area contributed by atoms with Crippen LogP contribution >= 0.6 is 0 Å². The molecule has 0 saturated carbocycles. The molecule has 0 aliphatic carbocycles. The lowest BCUT2D eigenvalue weighted by atomic mass is 10.1. The Bertz CT molecular complexity index is 932. The molecule has 3 aromatic rings. The van der Waals surface area contributed by atoms with Gasteiger partial charge >= 0.3 is 0 Å². The number of benzene rings is 2. The minimum Gasteiger partial charge on any atom is -0.311 e. The van der Waals surface area contributed by atoms with E-state index in [1.807, 2.05) is 36.4 Å². The third-order valence-corrected chi connectivity index (χ3v) is 3.93. The van der Waals surface area contributed by atoms with Gasteiger partial charge in [0.15, 0.2) is 0 Å². The predicted molar refractivity (Wildman–Crippen MR) is 87.8 cm³/mol. The summed E-state index contributed by atoms with van der Waals surface area (Å²) >= 11 is 0. The van der Waals surface area contributed by atoms with Gasteiger partial charge in [-0.2, -0.15) is 5.26 Å². The first-order valence-electron chi connectivity index (χ1n) is 7.33. The standard InChI is InChI=1S/C19H16N2O/c1-2-14-7-8-18-15(11-14)9-10-21(19(18)22)13-17-6-4-3-5-16(17)12-20/h3-11H,2,13H2,1H3. The van der Waals surface area contributed by atoms with Crippen molar-refractivity contribution < 1.29 is 0 Å². The van der Waals surface area contributed by atoms with Crippen molar-refractivity contribution in [2.24, 2.45) is 0 Å². The average molecular weight is 288 g/mol. The lowest BCUT2D eigenvalue weighted by Gasteiger charge is -2.09. The molecule has 0 aliphatic heterocycles. The van der Waals surface area contributed by atoms with E-state index < -0.39 is 0 Å². The van der Waals surface area contributed by atoms with Gasteiger partial charge in [-0.15, -0.1) is 0 Å². The number of nitriles is 1. The van der Waals surface area contributed by atoms with E-state index in [1.54, 1.807) is 16.8 Å². The van der Waals surface area contributed by atoms with Gasteiger partial charge in [-0.1, -0.05) is 37.3 Å². The Hall–Kier alpha value is -2.86. The third kappa shape index (κ3) is 2.51. The van der Waals surface area contributed by atoms with Crippen molar-refractivity contribution in [2.75, 3.05) is 0 Å². The quantitative estimate of drug-likeness (QED) is 0.740. The Morgan fingerprint density at radius 2 is 1.95 bits per heavy atom. The van der Waals surface area contributed by atoms with Crippen molar-refractivity contribution in [1.29, 1.82) is 5.26 Å². The average Bonchev–Trinajstić information content (AvgIpc) is 2.57. The number of pyridine rings is 1. The first kappa shape index (κ1) is 14.1. The van der Waals surface area contributed by atoms with Crippen LogP contribution in [0.5, 0.6) is 0 Å². The second-order valence-corrected chi connectivity index (χ2v) is 5.29. The van der Waals surface area contributed by atoms with E-state index in [2.05, 4.69) is 19.1 Å². The van der Waals surface area contributed by atoms with E-state index in [0.717, 1.165) is 17.4 Å². The van der Waals surface area contributed by atoms with Gasteiger partial charge in [0.05, 0.1) is 18.2 Å². The maximum absolute atomic E-state index is 12.6. The molecule has 108 valence electrons. The fourth-order valence-corrected chi connectivity index (χ4v) is 2.63.